The molecule has 0 aromatic rings. The molecule has 2 aliphatic rings. The van der Waals surface area contributed by atoms with Gasteiger partial charge in [0.15, 0.2) is 0 Å². The first-order chi connectivity index (χ1) is 4.59. The first-order valence-corrected chi connectivity index (χ1v) is 4.36. The van der Waals surface area contributed by atoms with Crippen LogP contribution in [0.2, 0.25) is 0 Å². The molecule has 1 heteroatoms. The third kappa shape index (κ3) is 0.878. The summed E-state index contributed by atoms with van der Waals surface area (Å²) in [4.78, 5) is 2.66. The van der Waals surface area contributed by atoms with Crippen molar-refractivity contribution in [2.75, 3.05) is 6.54 Å². The van der Waals surface area contributed by atoms with Gasteiger partial charge in [-0.25, -0.2) is 0 Å². The number of nitrogens with zero attached hydrogens (tertiary/aromatic N) is 1. The lowest BCUT2D eigenvalue weighted by Crippen LogP contribution is -2.41. The minimum atomic E-state index is 0.427. The zero-order valence-electron chi connectivity index (χ0n) is 7.22. The smallest absolute Gasteiger partial charge is 0.0133 e. The van der Waals surface area contributed by atoms with E-state index in [0.29, 0.717) is 5.54 Å². The molecule has 1 saturated heterocycles. The number of hydrogen-bond donors (Lipinski definition) is 0. The summed E-state index contributed by atoms with van der Waals surface area (Å²) in [5.41, 5.74) is 0.427. The zero-order chi connectivity index (χ0) is 7.35. The number of piperidine rings is 1. The molecule has 0 bridgehead atoms. The van der Waals surface area contributed by atoms with E-state index >= 15 is 0 Å². The minimum absolute atomic E-state index is 0.427. The van der Waals surface area contributed by atoms with E-state index in [4.69, 9.17) is 0 Å². The van der Waals surface area contributed by atoms with Crippen LogP contribution in [0.4, 0.5) is 0 Å². The van der Waals surface area contributed by atoms with Crippen LogP contribution in [-0.4, -0.2) is 23.0 Å². The first kappa shape index (κ1) is 6.66. The Bertz CT molecular complexity index is 145. The number of hydrogen-bond acceptors (Lipinski definition) is 1. The lowest BCUT2D eigenvalue weighted by molar-refractivity contribution is 0.150. The highest BCUT2D eigenvalue weighted by atomic mass is 15.3. The Balaban J connectivity index is 2.05. The third-order valence-electron chi connectivity index (χ3n) is 2.89. The molecule has 1 aliphatic carbocycles. The molecule has 2 fully saturated rings. The molecule has 2 atom stereocenters. The molecule has 0 radical (unpaired) electrons. The van der Waals surface area contributed by atoms with Crippen molar-refractivity contribution in [3.8, 4) is 0 Å². The Morgan fingerprint density at radius 1 is 1.30 bits per heavy atom. The lowest BCUT2D eigenvalue weighted by Gasteiger charge is -2.33. The molecule has 0 aromatic heterocycles. The fourth-order valence-corrected chi connectivity index (χ4v) is 2.23. The van der Waals surface area contributed by atoms with Gasteiger partial charge in [0, 0.05) is 11.6 Å². The molecule has 2 rings (SSSR count). The number of rotatable bonds is 0. The van der Waals surface area contributed by atoms with E-state index in [1.807, 2.05) is 0 Å². The van der Waals surface area contributed by atoms with Crippen molar-refractivity contribution >= 4 is 0 Å². The van der Waals surface area contributed by atoms with E-state index in [0.717, 1.165) is 12.0 Å². The maximum atomic E-state index is 2.66. The van der Waals surface area contributed by atoms with Crippen molar-refractivity contribution in [2.45, 2.75) is 45.2 Å². The van der Waals surface area contributed by atoms with Crippen molar-refractivity contribution in [1.29, 1.82) is 0 Å². The van der Waals surface area contributed by atoms with Crippen molar-refractivity contribution in [1.82, 2.24) is 4.90 Å². The van der Waals surface area contributed by atoms with Gasteiger partial charge in [-0.1, -0.05) is 0 Å². The van der Waals surface area contributed by atoms with E-state index in [-0.39, 0.29) is 0 Å². The van der Waals surface area contributed by atoms with Crippen molar-refractivity contribution in [3.05, 3.63) is 0 Å². The quantitative estimate of drug-likeness (QED) is 0.495. The maximum absolute atomic E-state index is 2.66. The second kappa shape index (κ2) is 1.76. The molecule has 1 nitrogen and oxygen atoms in total. The topological polar surface area (TPSA) is 3.24 Å². The molecule has 0 amide bonds. The molecule has 0 unspecified atom stereocenters. The largest absolute Gasteiger partial charge is 0.295 e. The van der Waals surface area contributed by atoms with Crippen LogP contribution in [-0.2, 0) is 0 Å². The summed E-state index contributed by atoms with van der Waals surface area (Å²) >= 11 is 0. The van der Waals surface area contributed by atoms with Gasteiger partial charge in [0.1, 0.15) is 0 Å². The third-order valence-corrected chi connectivity index (χ3v) is 2.89. The van der Waals surface area contributed by atoms with Gasteiger partial charge in [0.2, 0.25) is 0 Å². The van der Waals surface area contributed by atoms with E-state index in [1.165, 1.54) is 19.4 Å². The van der Waals surface area contributed by atoms with Crippen LogP contribution in [0.1, 0.15) is 33.6 Å². The predicted octanol–water partition coefficient (Wildman–Crippen LogP) is 1.88. The molecule has 1 heterocycles. The molecular formula is C9H17N. The Labute approximate surface area is 63.4 Å². The summed E-state index contributed by atoms with van der Waals surface area (Å²) in [6.07, 6.45) is 2.94. The van der Waals surface area contributed by atoms with Gasteiger partial charge in [0.25, 0.3) is 0 Å². The first-order valence-electron chi connectivity index (χ1n) is 4.36. The molecule has 1 aliphatic heterocycles. The Morgan fingerprint density at radius 2 is 2.00 bits per heavy atom. The Hall–Kier alpha value is -0.0400. The summed E-state index contributed by atoms with van der Waals surface area (Å²) in [5, 5.41) is 0. The molecule has 0 aromatic carbocycles. The van der Waals surface area contributed by atoms with Crippen LogP contribution in [0.5, 0.6) is 0 Å². The normalized spacial score (nSPS) is 39.9. The molecule has 10 heavy (non-hydrogen) atoms. The zero-order valence-corrected chi connectivity index (χ0v) is 7.22. The average molecular weight is 139 g/mol. The van der Waals surface area contributed by atoms with Gasteiger partial charge in [-0.05, 0) is 46.1 Å². The standard InChI is InChI=1S/C9H17N/c1-9(2,3)10-5-4-7-6-8(7)10/h7-8H,4-6H2,1-3H3/t7-,8+/m1/s1. The molecule has 58 valence electrons. The molecule has 0 spiro atoms. The summed E-state index contributed by atoms with van der Waals surface area (Å²) in [6.45, 7) is 8.33. The second-order valence-corrected chi connectivity index (χ2v) is 4.72. The van der Waals surface area contributed by atoms with Crippen molar-refractivity contribution in [3.63, 3.8) is 0 Å². The fourth-order valence-electron chi connectivity index (χ4n) is 2.23. The Morgan fingerprint density at radius 3 is 2.20 bits per heavy atom. The van der Waals surface area contributed by atoms with Crippen LogP contribution in [0, 0.1) is 5.92 Å². The Kier molecular flexibility index (Phi) is 1.17. The van der Waals surface area contributed by atoms with E-state index in [1.54, 1.807) is 0 Å². The van der Waals surface area contributed by atoms with Crippen LogP contribution in [0.15, 0.2) is 0 Å². The van der Waals surface area contributed by atoms with Crippen molar-refractivity contribution in [2.24, 2.45) is 5.92 Å². The van der Waals surface area contributed by atoms with Gasteiger partial charge < -0.3 is 0 Å². The lowest BCUT2D eigenvalue weighted by atomic mass is 10.1. The maximum Gasteiger partial charge on any atom is 0.0133 e. The predicted molar refractivity (Wildman–Crippen MR) is 43.0 cm³/mol. The number of fused-ring (bicyclic) bond motifs is 1. The van der Waals surface area contributed by atoms with Gasteiger partial charge in [0.05, 0.1) is 0 Å². The second-order valence-electron chi connectivity index (χ2n) is 4.72. The van der Waals surface area contributed by atoms with E-state index < -0.39 is 0 Å². The highest BCUT2D eigenvalue weighted by Gasteiger charge is 2.49. The summed E-state index contributed by atoms with van der Waals surface area (Å²) in [7, 11) is 0. The van der Waals surface area contributed by atoms with Crippen molar-refractivity contribution < 1.29 is 0 Å². The van der Waals surface area contributed by atoms with Crippen LogP contribution >= 0.6 is 0 Å². The summed E-state index contributed by atoms with van der Waals surface area (Å²) < 4.78 is 0. The summed E-state index contributed by atoms with van der Waals surface area (Å²) in [5.74, 6) is 1.08. The SMILES string of the molecule is CC(C)(C)N1CC[C@@H]2C[C@@H]21. The van der Waals surface area contributed by atoms with Gasteiger partial charge in [-0.2, -0.15) is 0 Å². The van der Waals surface area contributed by atoms with Crippen LogP contribution < -0.4 is 0 Å². The monoisotopic (exact) mass is 139 g/mol. The fraction of sp³-hybridized carbons (Fsp3) is 1.00. The molecular weight excluding hydrogens is 122 g/mol. The summed E-state index contributed by atoms with van der Waals surface area (Å²) in [6, 6.07) is 0.972. The highest BCUT2D eigenvalue weighted by Crippen LogP contribution is 2.47. The number of likely N-dealkylation sites (tertiary alicyclic amines) is 1. The van der Waals surface area contributed by atoms with E-state index in [2.05, 4.69) is 25.7 Å². The van der Waals surface area contributed by atoms with Gasteiger partial charge in [-0.15, -0.1) is 0 Å². The van der Waals surface area contributed by atoms with Gasteiger partial charge >= 0.3 is 0 Å². The van der Waals surface area contributed by atoms with Gasteiger partial charge in [-0.3, -0.25) is 4.90 Å². The average Bonchev–Trinajstić information content (AvgIpc) is 2.40. The molecule has 0 N–H and O–H groups in total. The highest BCUT2D eigenvalue weighted by molar-refractivity contribution is 5.04. The van der Waals surface area contributed by atoms with Crippen LogP contribution in [0.3, 0.4) is 0 Å². The van der Waals surface area contributed by atoms with Crippen LogP contribution in [0.25, 0.3) is 0 Å². The van der Waals surface area contributed by atoms with E-state index in [9.17, 15) is 0 Å². The molecule has 1 saturated carbocycles. The minimum Gasteiger partial charge on any atom is -0.295 e.